The molecule has 0 atom stereocenters. The van der Waals surface area contributed by atoms with Crippen molar-refractivity contribution < 1.29 is 13.9 Å². The lowest BCUT2D eigenvalue weighted by Gasteiger charge is -2.03. The third-order valence-electron chi connectivity index (χ3n) is 3.26. The largest absolute Gasteiger partial charge is 0.493 e. The summed E-state index contributed by atoms with van der Waals surface area (Å²) < 4.78 is 10.8. The van der Waals surface area contributed by atoms with E-state index in [4.69, 9.17) is 9.15 Å². The molecule has 106 valence electrons. The topological polar surface area (TPSA) is 51.5 Å². The Balaban J connectivity index is 1.89. The number of rotatable bonds is 3. The molecular weight excluding hydrogens is 266 g/mol. The number of furan rings is 1. The van der Waals surface area contributed by atoms with Gasteiger partial charge < -0.3 is 14.5 Å². The molecule has 0 aliphatic heterocycles. The van der Waals surface area contributed by atoms with Crippen LogP contribution in [0.1, 0.15) is 16.1 Å². The normalized spacial score (nSPS) is 10.6. The minimum absolute atomic E-state index is 0.259. The van der Waals surface area contributed by atoms with Gasteiger partial charge in [-0.2, -0.15) is 0 Å². The van der Waals surface area contributed by atoms with Gasteiger partial charge >= 0.3 is 0 Å². The molecule has 0 bridgehead atoms. The highest BCUT2D eigenvalue weighted by Crippen LogP contribution is 2.28. The van der Waals surface area contributed by atoms with Gasteiger partial charge in [-0.15, -0.1) is 0 Å². The third-order valence-corrected chi connectivity index (χ3v) is 3.26. The van der Waals surface area contributed by atoms with Crippen molar-refractivity contribution in [2.75, 3.05) is 12.4 Å². The molecule has 21 heavy (non-hydrogen) atoms. The average Bonchev–Trinajstić information content (AvgIpc) is 2.93. The van der Waals surface area contributed by atoms with Gasteiger partial charge in [-0.25, -0.2) is 0 Å². The van der Waals surface area contributed by atoms with Crippen LogP contribution < -0.4 is 10.1 Å². The lowest BCUT2D eigenvalue weighted by atomic mass is 10.2. The molecule has 0 unspecified atom stereocenters. The molecule has 3 aromatic rings. The van der Waals surface area contributed by atoms with Gasteiger partial charge in [0.25, 0.3) is 5.91 Å². The number of aryl methyl sites for hydroxylation is 1. The van der Waals surface area contributed by atoms with E-state index in [-0.39, 0.29) is 11.7 Å². The molecule has 1 aromatic heterocycles. The quantitative estimate of drug-likeness (QED) is 0.789. The van der Waals surface area contributed by atoms with Gasteiger partial charge in [0.2, 0.25) is 0 Å². The zero-order valence-corrected chi connectivity index (χ0v) is 11.8. The number of benzene rings is 2. The molecule has 1 N–H and O–H groups in total. The van der Waals surface area contributed by atoms with Crippen molar-refractivity contribution in [2.24, 2.45) is 0 Å². The molecule has 0 saturated heterocycles. The molecule has 0 spiro atoms. The van der Waals surface area contributed by atoms with E-state index in [9.17, 15) is 4.79 Å². The fraction of sp³-hybridized carbons (Fsp3) is 0.118. The molecule has 1 heterocycles. The first-order valence-electron chi connectivity index (χ1n) is 6.62. The number of nitrogens with one attached hydrogen (secondary N) is 1. The molecule has 2 aromatic carbocycles. The SMILES string of the molecule is COc1cccc2cc(C(=O)Nc3ccc(C)cc3)oc12. The summed E-state index contributed by atoms with van der Waals surface area (Å²) in [6, 6.07) is 14.8. The average molecular weight is 281 g/mol. The number of carbonyl (C=O) groups is 1. The zero-order valence-electron chi connectivity index (χ0n) is 11.8. The van der Waals surface area contributed by atoms with Crippen LogP contribution in [0.4, 0.5) is 5.69 Å². The molecular formula is C17H15NO3. The van der Waals surface area contributed by atoms with Crippen LogP contribution in [0.2, 0.25) is 0 Å². The Bertz CT molecular complexity index is 787. The van der Waals surface area contributed by atoms with Gasteiger partial charge in [0, 0.05) is 11.1 Å². The lowest BCUT2D eigenvalue weighted by Crippen LogP contribution is -2.10. The van der Waals surface area contributed by atoms with Crippen LogP contribution in [0.25, 0.3) is 11.0 Å². The number of para-hydroxylation sites is 1. The van der Waals surface area contributed by atoms with Crippen LogP contribution >= 0.6 is 0 Å². The number of amides is 1. The van der Waals surface area contributed by atoms with Crippen molar-refractivity contribution in [3.63, 3.8) is 0 Å². The molecule has 4 nitrogen and oxygen atoms in total. The third kappa shape index (κ3) is 2.60. The first-order valence-corrected chi connectivity index (χ1v) is 6.62. The van der Waals surface area contributed by atoms with Crippen LogP contribution in [0.3, 0.4) is 0 Å². The van der Waals surface area contributed by atoms with Crippen molar-refractivity contribution in [3.05, 3.63) is 59.9 Å². The van der Waals surface area contributed by atoms with E-state index in [1.807, 2.05) is 43.3 Å². The van der Waals surface area contributed by atoms with E-state index in [1.165, 1.54) is 0 Å². The van der Waals surface area contributed by atoms with Gasteiger partial charge in [-0.05, 0) is 31.2 Å². The maximum atomic E-state index is 12.2. The Morgan fingerprint density at radius 1 is 1.14 bits per heavy atom. The predicted octanol–water partition coefficient (Wildman–Crippen LogP) is 4.00. The number of anilines is 1. The van der Waals surface area contributed by atoms with Gasteiger partial charge in [0.05, 0.1) is 7.11 Å². The van der Waals surface area contributed by atoms with Gasteiger partial charge in [0.1, 0.15) is 0 Å². The molecule has 0 saturated carbocycles. The highest BCUT2D eigenvalue weighted by molar-refractivity contribution is 6.05. The second-order valence-electron chi connectivity index (χ2n) is 4.81. The molecule has 4 heteroatoms. The minimum atomic E-state index is -0.280. The number of hydrogen-bond donors (Lipinski definition) is 1. The number of methoxy groups -OCH3 is 1. The summed E-state index contributed by atoms with van der Waals surface area (Å²) in [6.07, 6.45) is 0. The van der Waals surface area contributed by atoms with E-state index >= 15 is 0 Å². The molecule has 0 aliphatic carbocycles. The Hall–Kier alpha value is -2.75. The van der Waals surface area contributed by atoms with Gasteiger partial charge in [-0.3, -0.25) is 4.79 Å². The van der Waals surface area contributed by atoms with E-state index in [2.05, 4.69) is 5.32 Å². The van der Waals surface area contributed by atoms with Crippen LogP contribution in [-0.2, 0) is 0 Å². The lowest BCUT2D eigenvalue weighted by molar-refractivity contribution is 0.0998. The fourth-order valence-electron chi connectivity index (χ4n) is 2.14. The Morgan fingerprint density at radius 3 is 2.62 bits per heavy atom. The minimum Gasteiger partial charge on any atom is -0.493 e. The van der Waals surface area contributed by atoms with Crippen LogP contribution in [0.5, 0.6) is 5.75 Å². The van der Waals surface area contributed by atoms with Crippen LogP contribution in [0.15, 0.2) is 52.9 Å². The molecule has 1 amide bonds. The van der Waals surface area contributed by atoms with Gasteiger partial charge in [0.15, 0.2) is 17.1 Å². The van der Waals surface area contributed by atoms with Crippen LogP contribution in [0, 0.1) is 6.92 Å². The second kappa shape index (κ2) is 5.32. The maximum Gasteiger partial charge on any atom is 0.291 e. The van der Waals surface area contributed by atoms with Crippen molar-refractivity contribution in [3.8, 4) is 5.75 Å². The van der Waals surface area contributed by atoms with Gasteiger partial charge in [-0.1, -0.05) is 29.8 Å². The van der Waals surface area contributed by atoms with Crippen molar-refractivity contribution in [1.82, 2.24) is 0 Å². The summed E-state index contributed by atoms with van der Waals surface area (Å²) in [5.74, 6) is 0.592. The fourth-order valence-corrected chi connectivity index (χ4v) is 2.14. The summed E-state index contributed by atoms with van der Waals surface area (Å²) in [5.41, 5.74) is 2.45. The molecule has 0 aliphatic rings. The maximum absolute atomic E-state index is 12.2. The Kier molecular flexibility index (Phi) is 3.36. The summed E-state index contributed by atoms with van der Waals surface area (Å²) in [7, 11) is 1.57. The van der Waals surface area contributed by atoms with E-state index in [0.717, 1.165) is 16.6 Å². The number of hydrogen-bond acceptors (Lipinski definition) is 3. The monoisotopic (exact) mass is 281 g/mol. The molecule has 3 rings (SSSR count). The highest BCUT2D eigenvalue weighted by Gasteiger charge is 2.14. The summed E-state index contributed by atoms with van der Waals surface area (Å²) in [6.45, 7) is 2.00. The van der Waals surface area contributed by atoms with E-state index in [1.54, 1.807) is 19.2 Å². The Labute approximate surface area is 122 Å². The highest BCUT2D eigenvalue weighted by atomic mass is 16.5. The summed E-state index contributed by atoms with van der Waals surface area (Å²) in [4.78, 5) is 12.2. The number of ether oxygens (including phenoxy) is 1. The predicted molar refractivity (Wildman–Crippen MR) is 81.9 cm³/mol. The summed E-state index contributed by atoms with van der Waals surface area (Å²) >= 11 is 0. The number of fused-ring (bicyclic) bond motifs is 1. The number of carbonyl (C=O) groups excluding carboxylic acids is 1. The first kappa shape index (κ1) is 13.2. The van der Waals surface area contributed by atoms with Crippen molar-refractivity contribution >= 4 is 22.6 Å². The Morgan fingerprint density at radius 2 is 1.90 bits per heavy atom. The van der Waals surface area contributed by atoms with Crippen molar-refractivity contribution in [1.29, 1.82) is 0 Å². The van der Waals surface area contributed by atoms with E-state index < -0.39 is 0 Å². The summed E-state index contributed by atoms with van der Waals surface area (Å²) in [5, 5.41) is 3.65. The molecule has 0 radical (unpaired) electrons. The zero-order chi connectivity index (χ0) is 14.8. The van der Waals surface area contributed by atoms with Crippen molar-refractivity contribution in [2.45, 2.75) is 6.92 Å². The standard InChI is InChI=1S/C17H15NO3/c1-11-6-8-13(9-7-11)18-17(19)15-10-12-4-3-5-14(20-2)16(12)21-15/h3-10H,1-2H3,(H,18,19). The second-order valence-corrected chi connectivity index (χ2v) is 4.81. The van der Waals surface area contributed by atoms with Crippen LogP contribution in [-0.4, -0.2) is 13.0 Å². The molecule has 0 fully saturated rings. The smallest absolute Gasteiger partial charge is 0.291 e. The van der Waals surface area contributed by atoms with E-state index in [0.29, 0.717) is 11.3 Å². The first-order chi connectivity index (χ1) is 10.2.